The molecule has 0 spiro atoms. The average Bonchev–Trinajstić information content (AvgIpc) is 2.85. The lowest BCUT2D eigenvalue weighted by molar-refractivity contribution is -0.192. The molecular formula is C27H29N3O5. The Kier molecular flexibility index (Phi) is 7.95. The molecule has 0 saturated carbocycles. The second-order valence-electron chi connectivity index (χ2n) is 8.47. The summed E-state index contributed by atoms with van der Waals surface area (Å²) in [6.45, 7) is 1.75. The van der Waals surface area contributed by atoms with E-state index in [4.69, 9.17) is 9.47 Å². The van der Waals surface area contributed by atoms with Crippen molar-refractivity contribution in [3.63, 3.8) is 0 Å². The zero-order valence-corrected chi connectivity index (χ0v) is 19.5. The zero-order chi connectivity index (χ0) is 24.6. The number of hydrogen-bond acceptors (Lipinski definition) is 5. The Balaban J connectivity index is 1.49. The summed E-state index contributed by atoms with van der Waals surface area (Å²) >= 11 is 0. The van der Waals surface area contributed by atoms with Crippen molar-refractivity contribution in [1.82, 2.24) is 10.6 Å². The smallest absolute Gasteiger partial charge is 0.319 e. The van der Waals surface area contributed by atoms with Gasteiger partial charge in [-0.1, -0.05) is 66.7 Å². The van der Waals surface area contributed by atoms with Gasteiger partial charge in [-0.25, -0.2) is 4.79 Å². The number of hydrogen-bond donors (Lipinski definition) is 3. The van der Waals surface area contributed by atoms with E-state index in [9.17, 15) is 14.4 Å². The fourth-order valence-electron chi connectivity index (χ4n) is 4.17. The van der Waals surface area contributed by atoms with Crippen LogP contribution >= 0.6 is 0 Å². The predicted octanol–water partition coefficient (Wildman–Crippen LogP) is 3.76. The Morgan fingerprint density at radius 2 is 1.74 bits per heavy atom. The first-order chi connectivity index (χ1) is 17.0. The van der Waals surface area contributed by atoms with Gasteiger partial charge in [0.15, 0.2) is 0 Å². The van der Waals surface area contributed by atoms with Crippen LogP contribution in [-0.4, -0.2) is 42.9 Å². The Bertz CT molecular complexity index is 1180. The predicted molar refractivity (Wildman–Crippen MR) is 133 cm³/mol. The number of fused-ring (bicyclic) bond motifs is 1. The molecule has 1 saturated heterocycles. The lowest BCUT2D eigenvalue weighted by atomic mass is 10.0. The van der Waals surface area contributed by atoms with Gasteiger partial charge in [-0.3, -0.25) is 9.59 Å². The molecule has 35 heavy (non-hydrogen) atoms. The Morgan fingerprint density at radius 1 is 1.00 bits per heavy atom. The van der Waals surface area contributed by atoms with Crippen molar-refractivity contribution in [3.8, 4) is 0 Å². The van der Waals surface area contributed by atoms with E-state index in [2.05, 4.69) is 16.0 Å². The SMILES string of the molecule is CC(=O)O[C@@H]1OCCC[C@@H]1NC(=O)[C@H](Cc1ccccc1)NC(=O)Nc1cccc2ccccc12. The number of carbonyl (C=O) groups is 3. The number of anilines is 1. The lowest BCUT2D eigenvalue weighted by Gasteiger charge is -2.32. The number of carbonyl (C=O) groups excluding carboxylic acids is 3. The molecule has 0 bridgehead atoms. The van der Waals surface area contributed by atoms with Crippen molar-refractivity contribution < 1.29 is 23.9 Å². The minimum Gasteiger partial charge on any atom is -0.434 e. The Labute approximate surface area is 204 Å². The van der Waals surface area contributed by atoms with Gasteiger partial charge in [-0.15, -0.1) is 0 Å². The topological polar surface area (TPSA) is 106 Å². The van der Waals surface area contributed by atoms with Crippen LogP contribution < -0.4 is 16.0 Å². The quantitative estimate of drug-likeness (QED) is 0.451. The van der Waals surface area contributed by atoms with Gasteiger partial charge in [0.25, 0.3) is 0 Å². The molecule has 1 aliphatic rings. The highest BCUT2D eigenvalue weighted by atomic mass is 16.7. The molecule has 3 N–H and O–H groups in total. The highest BCUT2D eigenvalue weighted by Gasteiger charge is 2.32. The summed E-state index contributed by atoms with van der Waals surface area (Å²) in [5.74, 6) is -0.862. The van der Waals surface area contributed by atoms with Gasteiger partial charge in [0.1, 0.15) is 6.04 Å². The molecule has 0 aliphatic carbocycles. The van der Waals surface area contributed by atoms with E-state index in [0.717, 1.165) is 22.8 Å². The molecule has 3 aromatic rings. The number of nitrogens with one attached hydrogen (secondary N) is 3. The van der Waals surface area contributed by atoms with Crippen molar-refractivity contribution in [2.75, 3.05) is 11.9 Å². The molecule has 8 nitrogen and oxygen atoms in total. The van der Waals surface area contributed by atoms with Gasteiger partial charge >= 0.3 is 12.0 Å². The van der Waals surface area contributed by atoms with Crippen LogP contribution in [0.3, 0.4) is 0 Å². The third-order valence-corrected chi connectivity index (χ3v) is 5.82. The normalized spacial score (nSPS) is 18.3. The van der Waals surface area contributed by atoms with Crippen LogP contribution in [0.2, 0.25) is 0 Å². The van der Waals surface area contributed by atoms with Gasteiger partial charge < -0.3 is 25.4 Å². The largest absolute Gasteiger partial charge is 0.434 e. The fourth-order valence-corrected chi connectivity index (χ4v) is 4.17. The number of amides is 3. The van der Waals surface area contributed by atoms with Gasteiger partial charge in [0.2, 0.25) is 12.2 Å². The second-order valence-corrected chi connectivity index (χ2v) is 8.47. The Morgan fingerprint density at radius 3 is 2.54 bits per heavy atom. The molecule has 1 fully saturated rings. The molecule has 1 aliphatic heterocycles. The maximum absolute atomic E-state index is 13.3. The summed E-state index contributed by atoms with van der Waals surface area (Å²) in [6, 6.07) is 21.0. The molecule has 0 aromatic heterocycles. The van der Waals surface area contributed by atoms with Crippen LogP contribution in [0.5, 0.6) is 0 Å². The van der Waals surface area contributed by atoms with Crippen LogP contribution in [0, 0.1) is 0 Å². The number of esters is 1. The summed E-state index contributed by atoms with van der Waals surface area (Å²) in [5, 5.41) is 10.5. The fraction of sp³-hybridized carbons (Fsp3) is 0.296. The van der Waals surface area contributed by atoms with Gasteiger partial charge in [-0.2, -0.15) is 0 Å². The molecule has 0 unspecified atom stereocenters. The number of urea groups is 1. The minimum atomic E-state index is -0.855. The molecule has 1 heterocycles. The van der Waals surface area contributed by atoms with Crippen LogP contribution in [0.25, 0.3) is 10.8 Å². The summed E-state index contributed by atoms with van der Waals surface area (Å²) < 4.78 is 10.8. The van der Waals surface area contributed by atoms with E-state index in [0.29, 0.717) is 25.1 Å². The van der Waals surface area contributed by atoms with E-state index in [1.165, 1.54) is 6.92 Å². The zero-order valence-electron chi connectivity index (χ0n) is 19.5. The summed E-state index contributed by atoms with van der Waals surface area (Å²) in [6.07, 6.45) is 0.763. The second kappa shape index (κ2) is 11.5. The van der Waals surface area contributed by atoms with Crippen LogP contribution in [-0.2, 0) is 25.5 Å². The summed E-state index contributed by atoms with van der Waals surface area (Å²) in [4.78, 5) is 37.7. The molecule has 4 rings (SSSR count). The molecule has 3 aromatic carbocycles. The van der Waals surface area contributed by atoms with E-state index in [-0.39, 0.29) is 5.91 Å². The standard InChI is InChI=1S/C27H29N3O5/c1-18(31)35-26-23(15-8-16-34-26)28-25(32)24(17-19-9-3-2-4-10-19)30-27(33)29-22-14-7-12-20-11-5-6-13-21(20)22/h2-7,9-14,23-24,26H,8,15-17H2,1H3,(H,28,32)(H2,29,30,33)/t23-,24-,26-/m0/s1. The third-order valence-electron chi connectivity index (χ3n) is 5.82. The molecule has 0 radical (unpaired) electrons. The van der Waals surface area contributed by atoms with Gasteiger partial charge in [0, 0.05) is 18.7 Å². The van der Waals surface area contributed by atoms with Crippen molar-refractivity contribution in [3.05, 3.63) is 78.4 Å². The highest BCUT2D eigenvalue weighted by molar-refractivity contribution is 6.02. The summed E-state index contributed by atoms with van der Waals surface area (Å²) in [7, 11) is 0. The molecule has 182 valence electrons. The highest BCUT2D eigenvalue weighted by Crippen LogP contribution is 2.23. The van der Waals surface area contributed by atoms with Crippen LogP contribution in [0.15, 0.2) is 72.8 Å². The van der Waals surface area contributed by atoms with E-state index in [1.807, 2.05) is 72.8 Å². The van der Waals surface area contributed by atoms with Crippen LogP contribution in [0.4, 0.5) is 10.5 Å². The first-order valence-corrected chi connectivity index (χ1v) is 11.7. The van der Waals surface area contributed by atoms with E-state index >= 15 is 0 Å². The van der Waals surface area contributed by atoms with Crippen LogP contribution in [0.1, 0.15) is 25.3 Å². The molecule has 3 atom stereocenters. The van der Waals surface area contributed by atoms with Crippen molar-refractivity contribution >= 4 is 34.4 Å². The first kappa shape index (κ1) is 24.2. The number of ether oxygens (including phenoxy) is 2. The summed E-state index contributed by atoms with van der Waals surface area (Å²) in [5.41, 5.74) is 1.55. The maximum Gasteiger partial charge on any atom is 0.319 e. The van der Waals surface area contributed by atoms with Crippen molar-refractivity contribution in [2.24, 2.45) is 0 Å². The molecule has 8 heteroatoms. The monoisotopic (exact) mass is 475 g/mol. The minimum absolute atomic E-state index is 0.293. The number of rotatable bonds is 7. The van der Waals surface area contributed by atoms with Gasteiger partial charge in [-0.05, 0) is 29.9 Å². The molecule has 3 amide bonds. The van der Waals surface area contributed by atoms with Crippen molar-refractivity contribution in [2.45, 2.75) is 44.6 Å². The number of benzene rings is 3. The Hall–Kier alpha value is -3.91. The first-order valence-electron chi connectivity index (χ1n) is 11.7. The molecular weight excluding hydrogens is 446 g/mol. The van der Waals surface area contributed by atoms with E-state index in [1.54, 1.807) is 0 Å². The average molecular weight is 476 g/mol. The van der Waals surface area contributed by atoms with E-state index < -0.39 is 30.4 Å². The lowest BCUT2D eigenvalue weighted by Crippen LogP contribution is -2.56. The third kappa shape index (κ3) is 6.58. The van der Waals surface area contributed by atoms with Crippen molar-refractivity contribution in [1.29, 1.82) is 0 Å². The van der Waals surface area contributed by atoms with Gasteiger partial charge in [0.05, 0.1) is 18.3 Å². The maximum atomic E-state index is 13.3.